The molecule has 2 nitrogen and oxygen atoms in total. The summed E-state index contributed by atoms with van der Waals surface area (Å²) in [6.45, 7) is 0. The topological polar surface area (TPSA) is 17.8 Å². The summed E-state index contributed by atoms with van der Waals surface area (Å²) in [6, 6.07) is 1.93. The summed E-state index contributed by atoms with van der Waals surface area (Å²) in [7, 11) is 0. The first-order valence-corrected chi connectivity index (χ1v) is 3.79. The second-order valence-electron chi connectivity index (χ2n) is 1.46. The molecule has 0 bridgehead atoms. The second-order valence-corrected chi connectivity index (χ2v) is 2.30. The maximum absolute atomic E-state index is 4.00. The number of hydrogen-bond acceptors (Lipinski definition) is 2. The van der Waals surface area contributed by atoms with Gasteiger partial charge in [0, 0.05) is 32.8 Å². The normalized spacial score (nSPS) is 8.56. The van der Waals surface area contributed by atoms with E-state index < -0.39 is 0 Å². The molecule has 1 rings (SSSR count). The largest absolute Gasteiger partial charge is 0.263 e. The van der Waals surface area contributed by atoms with Crippen molar-refractivity contribution in [2.24, 2.45) is 0 Å². The van der Waals surface area contributed by atoms with Crippen LogP contribution in [0.25, 0.3) is 0 Å². The van der Waals surface area contributed by atoms with E-state index in [-0.39, 0.29) is 20.4 Å². The molecular weight excluding hydrogens is 227 g/mol. The van der Waals surface area contributed by atoms with Crippen LogP contribution < -0.4 is 0 Å². The van der Waals surface area contributed by atoms with Gasteiger partial charge in [-0.1, -0.05) is 0 Å². The van der Waals surface area contributed by atoms with Gasteiger partial charge in [0.2, 0.25) is 0 Å². The van der Waals surface area contributed by atoms with Crippen molar-refractivity contribution in [1.82, 2.24) is 9.78 Å². The summed E-state index contributed by atoms with van der Waals surface area (Å²) in [5.41, 5.74) is 0. The van der Waals surface area contributed by atoms with Crippen molar-refractivity contribution in [1.29, 1.82) is 0 Å². The Hall–Kier alpha value is 0.222. The Balaban J connectivity index is 0.000000640. The quantitative estimate of drug-likeness (QED) is 0.716. The monoisotopic (exact) mass is 234 g/mol. The minimum absolute atomic E-state index is 0. The molecule has 0 radical (unpaired) electrons. The maximum Gasteiger partial charge on any atom is 0.0860 e. The predicted molar refractivity (Wildman–Crippen MR) is 35.7 cm³/mol. The zero-order valence-corrected chi connectivity index (χ0v) is 7.43. The Labute approximate surface area is 72.7 Å². The van der Waals surface area contributed by atoms with Crippen LogP contribution in [0, 0.1) is 0 Å². The van der Waals surface area contributed by atoms with Gasteiger partial charge >= 0.3 is 0 Å². The van der Waals surface area contributed by atoms with Crippen LogP contribution in [-0.2, 0) is 26.3 Å². The first-order valence-electron chi connectivity index (χ1n) is 2.40. The van der Waals surface area contributed by atoms with Gasteiger partial charge in [0.15, 0.2) is 0 Å². The van der Waals surface area contributed by atoms with Gasteiger partial charge in [0.25, 0.3) is 0 Å². The van der Waals surface area contributed by atoms with Gasteiger partial charge in [-0.3, -0.25) is 4.68 Å². The van der Waals surface area contributed by atoms with Gasteiger partial charge < -0.3 is 0 Å². The van der Waals surface area contributed by atoms with Crippen LogP contribution in [0.15, 0.2) is 18.5 Å². The van der Waals surface area contributed by atoms with Crippen molar-refractivity contribution in [2.75, 3.05) is 6.26 Å². The molecule has 0 spiro atoms. The fourth-order valence-electron chi connectivity index (χ4n) is 0.509. The smallest absolute Gasteiger partial charge is 0.0860 e. The van der Waals surface area contributed by atoms with E-state index in [9.17, 15) is 0 Å². The first kappa shape index (κ1) is 9.22. The average Bonchev–Trinajstić information content (AvgIpc) is 2.19. The number of thioether (sulfide) groups is 1. The zero-order chi connectivity index (χ0) is 5.82. The number of hydrogen-bond donors (Lipinski definition) is 0. The molecule has 1 aromatic rings. The third-order valence-electron chi connectivity index (χ3n) is 0.821. The molecule has 0 amide bonds. The maximum atomic E-state index is 4.00. The molecule has 0 aliphatic heterocycles. The summed E-state index contributed by atoms with van der Waals surface area (Å²) in [5, 5.41) is 4.00. The second kappa shape index (κ2) is 5.04. The van der Waals surface area contributed by atoms with E-state index in [0.717, 1.165) is 5.88 Å². The third-order valence-corrected chi connectivity index (χ3v) is 1.34. The molecule has 0 aromatic carbocycles. The minimum atomic E-state index is 0. The van der Waals surface area contributed by atoms with E-state index >= 15 is 0 Å². The van der Waals surface area contributed by atoms with Crippen LogP contribution in [0.3, 0.4) is 0 Å². The first-order chi connectivity index (χ1) is 3.93. The van der Waals surface area contributed by atoms with Crippen molar-refractivity contribution in [2.45, 2.75) is 5.88 Å². The molecule has 4 heteroatoms. The molecule has 0 atom stereocenters. The van der Waals surface area contributed by atoms with Crippen LogP contribution >= 0.6 is 11.8 Å². The molecule has 54 valence electrons. The van der Waals surface area contributed by atoms with Crippen LogP contribution in [0.2, 0.25) is 0 Å². The molecule has 0 aliphatic rings. The van der Waals surface area contributed by atoms with Crippen molar-refractivity contribution < 1.29 is 20.4 Å². The van der Waals surface area contributed by atoms with Crippen LogP contribution in [0.5, 0.6) is 0 Å². The van der Waals surface area contributed by atoms with E-state index in [1.54, 1.807) is 18.0 Å². The summed E-state index contributed by atoms with van der Waals surface area (Å²) in [5.74, 6) is 0.951. The molecular formula is C5H8N2PdS. The molecule has 9 heavy (non-hydrogen) atoms. The Bertz CT molecular complexity index is 141. The Kier molecular flexibility index (Phi) is 5.17. The molecule has 0 unspecified atom stereocenters. The summed E-state index contributed by atoms with van der Waals surface area (Å²) >= 11 is 1.76. The number of nitrogens with zero attached hydrogens (tertiary/aromatic N) is 2. The van der Waals surface area contributed by atoms with Gasteiger partial charge in [-0.25, -0.2) is 0 Å². The average molecular weight is 235 g/mol. The van der Waals surface area contributed by atoms with Gasteiger partial charge in [-0.15, -0.1) is 11.8 Å². The molecule has 0 aliphatic carbocycles. The Morgan fingerprint density at radius 1 is 1.67 bits per heavy atom. The van der Waals surface area contributed by atoms with Crippen LogP contribution in [-0.4, -0.2) is 16.0 Å². The van der Waals surface area contributed by atoms with E-state index in [0.29, 0.717) is 0 Å². The van der Waals surface area contributed by atoms with Gasteiger partial charge in [-0.05, 0) is 12.3 Å². The molecule has 0 fully saturated rings. The van der Waals surface area contributed by atoms with E-state index in [4.69, 9.17) is 0 Å². The fraction of sp³-hybridized carbons (Fsp3) is 0.400. The van der Waals surface area contributed by atoms with Gasteiger partial charge in [0.05, 0.1) is 5.88 Å². The predicted octanol–water partition coefficient (Wildman–Crippen LogP) is 1.20. The summed E-state index contributed by atoms with van der Waals surface area (Å²) in [4.78, 5) is 0. The van der Waals surface area contributed by atoms with E-state index in [1.807, 2.05) is 16.9 Å². The third kappa shape index (κ3) is 3.05. The van der Waals surface area contributed by atoms with Gasteiger partial charge in [-0.2, -0.15) is 5.10 Å². The van der Waals surface area contributed by atoms with Crippen molar-refractivity contribution in [3.05, 3.63) is 18.5 Å². The van der Waals surface area contributed by atoms with Crippen LogP contribution in [0.1, 0.15) is 0 Å². The molecule has 1 heterocycles. The van der Waals surface area contributed by atoms with Crippen molar-refractivity contribution in [3.63, 3.8) is 0 Å². The zero-order valence-electron chi connectivity index (χ0n) is 5.06. The van der Waals surface area contributed by atoms with E-state index in [2.05, 4.69) is 11.4 Å². The minimum Gasteiger partial charge on any atom is -0.263 e. The summed E-state index contributed by atoms with van der Waals surface area (Å²) in [6.07, 6.45) is 5.80. The van der Waals surface area contributed by atoms with Crippen molar-refractivity contribution in [3.8, 4) is 0 Å². The van der Waals surface area contributed by atoms with Gasteiger partial charge in [0.1, 0.15) is 0 Å². The van der Waals surface area contributed by atoms with E-state index in [1.165, 1.54) is 0 Å². The molecule has 0 N–H and O–H groups in total. The standard InChI is InChI=1S/C5H8N2S.Pd/c1-8-5-7-4-2-3-6-7;/h2-4H,5H2,1H3;. The molecule has 1 aromatic heterocycles. The Morgan fingerprint density at radius 2 is 2.44 bits per heavy atom. The molecule has 0 saturated carbocycles. The molecule has 0 saturated heterocycles. The SMILES string of the molecule is CSCn1cccn1.[Pd]. The van der Waals surface area contributed by atoms with Crippen molar-refractivity contribution >= 4 is 11.8 Å². The summed E-state index contributed by atoms with van der Waals surface area (Å²) < 4.78 is 1.89. The number of aromatic nitrogens is 2. The number of rotatable bonds is 2. The van der Waals surface area contributed by atoms with Crippen LogP contribution in [0.4, 0.5) is 0 Å². The fourth-order valence-corrected chi connectivity index (χ4v) is 0.926. The Morgan fingerprint density at radius 3 is 2.89 bits per heavy atom.